The molecule has 93 heavy (non-hydrogen) atoms. The second-order valence-corrected chi connectivity index (χ2v) is 31.3. The molecule has 0 saturated heterocycles. The van der Waals surface area contributed by atoms with E-state index in [0.717, 1.165) is 114 Å². The van der Waals surface area contributed by atoms with E-state index in [9.17, 15) is 43.2 Å². The van der Waals surface area contributed by atoms with Gasteiger partial charge in [0.25, 0.3) is 0 Å². The molecule has 0 saturated carbocycles. The minimum absolute atomic E-state index is 0.105. The van der Waals surface area contributed by atoms with Crippen LogP contribution in [0.15, 0.2) is 0 Å². The fraction of sp³-hybridized carbons (Fsp3) is 0.946. The van der Waals surface area contributed by atoms with E-state index in [-0.39, 0.29) is 25.7 Å². The number of phosphoric acid groups is 2. The van der Waals surface area contributed by atoms with Gasteiger partial charge < -0.3 is 33.8 Å². The zero-order chi connectivity index (χ0) is 68.9. The molecule has 17 nitrogen and oxygen atoms in total. The van der Waals surface area contributed by atoms with E-state index in [2.05, 4.69) is 55.4 Å². The number of phosphoric ester groups is 2. The molecule has 0 aromatic heterocycles. The first-order chi connectivity index (χ1) is 44.6. The standard InChI is InChI=1S/C74H144O17P2/c1-9-67(8)53-45-37-29-21-16-17-23-31-40-48-56-73(78)90-70(61-85-72(77)55-47-39-33-25-28-36-44-52-66(6)7)63-89-93(82,83)87-59-68(75)58-86-92(80,81)88-62-69(91-74(79)57-49-41-32-24-18-20-27-35-43-51-65(4)5)60-84-71(76)54-46-38-30-22-15-13-11-10-12-14-19-26-34-42-50-64(2)3/h64-70,75H,9-63H2,1-8H3,(H,80,81)(H,82,83)/t67?,68?,69-,70-/m1/s1. The highest BCUT2D eigenvalue weighted by Crippen LogP contribution is 2.45. The maximum atomic E-state index is 13.1. The highest BCUT2D eigenvalue weighted by atomic mass is 31.2. The smallest absolute Gasteiger partial charge is 0.462 e. The summed E-state index contributed by atoms with van der Waals surface area (Å²) in [5.74, 6) is 0.919. The topological polar surface area (TPSA) is 237 Å². The first kappa shape index (κ1) is 91.1. The Morgan fingerprint density at radius 1 is 0.301 bits per heavy atom. The van der Waals surface area contributed by atoms with E-state index >= 15 is 0 Å². The van der Waals surface area contributed by atoms with Gasteiger partial charge in [0.2, 0.25) is 0 Å². The normalized spacial score (nSPS) is 14.5. The number of esters is 4. The largest absolute Gasteiger partial charge is 0.472 e. The first-order valence-electron chi connectivity index (χ1n) is 38.2. The summed E-state index contributed by atoms with van der Waals surface area (Å²) in [7, 11) is -9.91. The zero-order valence-electron chi connectivity index (χ0n) is 60.9. The van der Waals surface area contributed by atoms with Crippen LogP contribution < -0.4 is 0 Å². The average Bonchev–Trinajstić information content (AvgIpc) is 1.39. The number of carbonyl (C=O) groups excluding carboxylic acids is 4. The summed E-state index contributed by atoms with van der Waals surface area (Å²) in [6.45, 7) is 14.2. The number of aliphatic hydroxyl groups is 1. The van der Waals surface area contributed by atoms with Crippen molar-refractivity contribution in [1.29, 1.82) is 0 Å². The first-order valence-corrected chi connectivity index (χ1v) is 41.2. The van der Waals surface area contributed by atoms with E-state index in [0.29, 0.717) is 31.6 Å². The molecule has 0 aliphatic carbocycles. The molecule has 552 valence electrons. The summed E-state index contributed by atoms with van der Waals surface area (Å²) in [5, 5.41) is 10.6. The highest BCUT2D eigenvalue weighted by molar-refractivity contribution is 7.47. The lowest BCUT2D eigenvalue weighted by Crippen LogP contribution is -2.30. The van der Waals surface area contributed by atoms with E-state index in [4.69, 9.17) is 37.0 Å². The summed E-state index contributed by atoms with van der Waals surface area (Å²) in [5.41, 5.74) is 0. The van der Waals surface area contributed by atoms with Gasteiger partial charge >= 0.3 is 39.5 Å². The number of hydrogen-bond donors (Lipinski definition) is 3. The number of ether oxygens (including phenoxy) is 4. The summed E-state index contributed by atoms with van der Waals surface area (Å²) in [6, 6.07) is 0. The molecule has 19 heteroatoms. The predicted octanol–water partition coefficient (Wildman–Crippen LogP) is 21.3. The van der Waals surface area contributed by atoms with E-state index in [1.807, 2.05) is 0 Å². The molecular weight excluding hydrogens is 1220 g/mol. The van der Waals surface area contributed by atoms with E-state index in [1.54, 1.807) is 0 Å². The summed E-state index contributed by atoms with van der Waals surface area (Å²) >= 11 is 0. The van der Waals surface area contributed by atoms with Gasteiger partial charge in [-0.25, -0.2) is 9.13 Å². The summed E-state index contributed by atoms with van der Waals surface area (Å²) < 4.78 is 68.4. The summed E-state index contributed by atoms with van der Waals surface area (Å²) in [6.07, 6.45) is 47.2. The molecule has 0 amide bonds. The van der Waals surface area contributed by atoms with Gasteiger partial charge in [0.05, 0.1) is 26.4 Å². The van der Waals surface area contributed by atoms with Crippen LogP contribution in [0.3, 0.4) is 0 Å². The molecule has 0 fully saturated rings. The molecule has 0 bridgehead atoms. The second kappa shape index (κ2) is 63.5. The lowest BCUT2D eigenvalue weighted by Gasteiger charge is -2.21. The SMILES string of the molecule is CCC(C)CCCCCCCCCCCCC(=O)O[C@H](COC(=O)CCCCCCCCCC(C)C)COP(=O)(O)OCC(O)COP(=O)(O)OC[C@@H](COC(=O)CCCCCCCCCCCCCCCCC(C)C)OC(=O)CCCCCCCCCCCC(C)C. The minimum atomic E-state index is -4.96. The average molecular weight is 1370 g/mol. The van der Waals surface area contributed by atoms with Crippen molar-refractivity contribution < 1.29 is 80.2 Å². The molecule has 0 aromatic carbocycles. The van der Waals surface area contributed by atoms with E-state index in [1.165, 1.54) is 167 Å². The van der Waals surface area contributed by atoms with Gasteiger partial charge in [-0.05, 0) is 49.4 Å². The minimum Gasteiger partial charge on any atom is -0.462 e. The van der Waals surface area contributed by atoms with Crippen molar-refractivity contribution in [3.63, 3.8) is 0 Å². The van der Waals surface area contributed by atoms with Crippen molar-refractivity contribution >= 4 is 39.5 Å². The van der Waals surface area contributed by atoms with Gasteiger partial charge in [0.15, 0.2) is 12.2 Å². The Morgan fingerprint density at radius 2 is 0.516 bits per heavy atom. The van der Waals surface area contributed by atoms with Crippen LogP contribution in [0.1, 0.15) is 370 Å². The molecule has 0 aliphatic heterocycles. The van der Waals surface area contributed by atoms with Crippen molar-refractivity contribution in [2.24, 2.45) is 23.7 Å². The van der Waals surface area contributed by atoms with Gasteiger partial charge in [0.1, 0.15) is 19.3 Å². The fourth-order valence-electron chi connectivity index (χ4n) is 11.2. The van der Waals surface area contributed by atoms with Gasteiger partial charge in [0, 0.05) is 25.7 Å². The molecule has 4 unspecified atom stereocenters. The van der Waals surface area contributed by atoms with Crippen LogP contribution in [-0.4, -0.2) is 96.7 Å². The van der Waals surface area contributed by atoms with Crippen molar-refractivity contribution in [3.05, 3.63) is 0 Å². The number of aliphatic hydroxyl groups excluding tert-OH is 1. The van der Waals surface area contributed by atoms with Crippen molar-refractivity contribution in [2.75, 3.05) is 39.6 Å². The van der Waals surface area contributed by atoms with Gasteiger partial charge in [-0.2, -0.15) is 0 Å². The third-order valence-corrected chi connectivity index (χ3v) is 19.3. The Hall–Kier alpha value is -1.94. The Bertz CT molecular complexity index is 1840. The lowest BCUT2D eigenvalue weighted by atomic mass is 9.99. The number of rotatable bonds is 71. The van der Waals surface area contributed by atoms with Crippen LogP contribution >= 0.6 is 15.6 Å². The van der Waals surface area contributed by atoms with Crippen molar-refractivity contribution in [3.8, 4) is 0 Å². The van der Waals surface area contributed by atoms with Crippen LogP contribution in [0.2, 0.25) is 0 Å². The van der Waals surface area contributed by atoms with Crippen LogP contribution in [0.5, 0.6) is 0 Å². The molecule has 6 atom stereocenters. The van der Waals surface area contributed by atoms with Gasteiger partial charge in [-0.1, -0.05) is 319 Å². The highest BCUT2D eigenvalue weighted by Gasteiger charge is 2.30. The Morgan fingerprint density at radius 3 is 0.763 bits per heavy atom. The fourth-order valence-corrected chi connectivity index (χ4v) is 12.7. The number of hydrogen-bond acceptors (Lipinski definition) is 15. The van der Waals surface area contributed by atoms with Gasteiger partial charge in [-0.15, -0.1) is 0 Å². The van der Waals surface area contributed by atoms with Crippen molar-refractivity contribution in [2.45, 2.75) is 388 Å². The number of unbranched alkanes of at least 4 members (excludes halogenated alkanes) is 36. The second-order valence-electron chi connectivity index (χ2n) is 28.4. The third-order valence-electron chi connectivity index (χ3n) is 17.4. The molecule has 0 aliphatic rings. The van der Waals surface area contributed by atoms with Crippen molar-refractivity contribution in [1.82, 2.24) is 0 Å². The molecule has 0 spiro atoms. The Balaban J connectivity index is 5.24. The molecule has 0 rings (SSSR count). The third kappa shape index (κ3) is 67.0. The quantitative estimate of drug-likeness (QED) is 0.0222. The van der Waals surface area contributed by atoms with Crippen LogP contribution in [0, 0.1) is 23.7 Å². The predicted molar refractivity (Wildman–Crippen MR) is 377 cm³/mol. The maximum Gasteiger partial charge on any atom is 0.472 e. The van der Waals surface area contributed by atoms with Gasteiger partial charge in [-0.3, -0.25) is 37.3 Å². The summed E-state index contributed by atoms with van der Waals surface area (Å²) in [4.78, 5) is 72.7. The molecule has 0 heterocycles. The van der Waals surface area contributed by atoms with Crippen LogP contribution in [0.4, 0.5) is 0 Å². The number of carbonyl (C=O) groups is 4. The lowest BCUT2D eigenvalue weighted by molar-refractivity contribution is -0.161. The van der Waals surface area contributed by atoms with Crippen LogP contribution in [0.25, 0.3) is 0 Å². The maximum absolute atomic E-state index is 13.1. The Labute approximate surface area is 568 Å². The molecular formula is C74H144O17P2. The Kier molecular flexibility index (Phi) is 62.2. The van der Waals surface area contributed by atoms with E-state index < -0.39 is 97.5 Å². The zero-order valence-corrected chi connectivity index (χ0v) is 62.7. The van der Waals surface area contributed by atoms with Crippen LogP contribution in [-0.2, 0) is 65.4 Å². The molecule has 0 radical (unpaired) electrons. The monoisotopic (exact) mass is 1370 g/mol. The molecule has 0 aromatic rings. The molecule has 3 N–H and O–H groups in total.